The molecule has 0 fully saturated rings. The molecule has 0 bridgehead atoms. The number of aromatic nitrogens is 5. The molecular weight excluding hydrogens is 805 g/mol. The molecule has 8 heteroatoms. The van der Waals surface area contributed by atoms with E-state index in [0.29, 0.717) is 34.4 Å². The van der Waals surface area contributed by atoms with Gasteiger partial charge in [0.1, 0.15) is 11.5 Å². The van der Waals surface area contributed by atoms with Crippen LogP contribution in [-0.4, -0.2) is 24.9 Å². The van der Waals surface area contributed by atoms with Crippen LogP contribution in [0.5, 0.6) is 11.5 Å². The first kappa shape index (κ1) is 38.4. The summed E-state index contributed by atoms with van der Waals surface area (Å²) < 4.78 is 6.72. The zero-order chi connectivity index (χ0) is 42.8. The Kier molecular flexibility index (Phi) is 10.1. The predicted octanol–water partition coefficient (Wildman–Crippen LogP) is 14.1. The third-order valence-corrected chi connectivity index (χ3v) is 12.2. The summed E-state index contributed by atoms with van der Waals surface area (Å²) in [5.41, 5.74) is 10.8. The summed E-state index contributed by atoms with van der Waals surface area (Å²) in [6.07, 6.45) is 0. The highest BCUT2D eigenvalue weighted by molar-refractivity contribution is 7.99. The molecule has 0 amide bonds. The minimum atomic E-state index is 0.385. The topological polar surface area (TPSA) is 97.5 Å². The van der Waals surface area contributed by atoms with E-state index in [2.05, 4.69) is 115 Å². The summed E-state index contributed by atoms with van der Waals surface area (Å²) in [7, 11) is 0. The van der Waals surface area contributed by atoms with E-state index in [1.807, 2.05) is 91.0 Å². The molecule has 11 rings (SSSR count). The van der Waals surface area contributed by atoms with E-state index in [9.17, 15) is 5.26 Å². The monoisotopic (exact) mass is 838 g/mol. The average Bonchev–Trinajstić information content (AvgIpc) is 3.38. The number of rotatable bonds is 8. The van der Waals surface area contributed by atoms with E-state index in [1.165, 1.54) is 0 Å². The summed E-state index contributed by atoms with van der Waals surface area (Å²) >= 11 is 1.68. The molecule has 0 unspecified atom stereocenters. The quantitative estimate of drug-likeness (QED) is 0.149. The van der Waals surface area contributed by atoms with Crippen molar-refractivity contribution in [1.29, 1.82) is 5.26 Å². The van der Waals surface area contributed by atoms with Crippen LogP contribution in [0.25, 0.3) is 90.3 Å². The van der Waals surface area contributed by atoms with Crippen molar-refractivity contribution in [1.82, 2.24) is 24.9 Å². The van der Waals surface area contributed by atoms with Gasteiger partial charge in [0.05, 0.1) is 32.8 Å². The summed E-state index contributed by atoms with van der Waals surface area (Å²) in [5, 5.41) is 10.2. The summed E-state index contributed by atoms with van der Waals surface area (Å²) in [6, 6.07) is 71.1. The molecule has 1 aliphatic heterocycles. The predicted molar refractivity (Wildman–Crippen MR) is 254 cm³/mol. The van der Waals surface area contributed by atoms with E-state index < -0.39 is 0 Å². The highest BCUT2D eigenvalue weighted by Crippen LogP contribution is 2.52. The minimum Gasteiger partial charge on any atom is -0.454 e. The normalized spacial score (nSPS) is 11.5. The maximum Gasteiger partial charge on any atom is 0.165 e. The first-order valence-electron chi connectivity index (χ1n) is 20.8. The molecule has 10 aromatic rings. The molecular formula is C56H34N6OS. The van der Waals surface area contributed by atoms with Crippen LogP contribution in [0.15, 0.2) is 216 Å². The van der Waals surface area contributed by atoms with Gasteiger partial charge in [-0.25, -0.2) is 24.9 Å². The summed E-state index contributed by atoms with van der Waals surface area (Å²) in [4.78, 5) is 27.9. The molecule has 0 saturated carbocycles. The number of ether oxygens (including phenoxy) is 1. The van der Waals surface area contributed by atoms with Crippen molar-refractivity contribution in [3.8, 4) is 108 Å². The van der Waals surface area contributed by atoms with Crippen LogP contribution >= 0.6 is 11.8 Å². The number of benzene rings is 8. The van der Waals surface area contributed by atoms with Crippen molar-refractivity contribution in [3.05, 3.63) is 212 Å². The van der Waals surface area contributed by atoms with Gasteiger partial charge in [0, 0.05) is 38.9 Å². The smallest absolute Gasteiger partial charge is 0.165 e. The number of fused-ring (bicyclic) bond motifs is 2. The molecule has 7 nitrogen and oxygen atoms in total. The van der Waals surface area contributed by atoms with Crippen molar-refractivity contribution in [2.24, 2.45) is 0 Å². The van der Waals surface area contributed by atoms with Gasteiger partial charge in [-0.15, -0.1) is 0 Å². The fourth-order valence-electron chi connectivity index (χ4n) is 7.94. The van der Waals surface area contributed by atoms with Crippen molar-refractivity contribution in [2.45, 2.75) is 9.79 Å². The summed E-state index contributed by atoms with van der Waals surface area (Å²) in [5.74, 6) is 3.36. The third-order valence-electron chi connectivity index (χ3n) is 11.1. The van der Waals surface area contributed by atoms with E-state index in [0.717, 1.165) is 82.7 Å². The second-order valence-electron chi connectivity index (χ2n) is 15.1. The van der Waals surface area contributed by atoms with Crippen LogP contribution in [0.2, 0.25) is 0 Å². The highest BCUT2D eigenvalue weighted by Gasteiger charge is 2.25. The fourth-order valence-corrected chi connectivity index (χ4v) is 8.93. The van der Waals surface area contributed by atoms with E-state index in [1.54, 1.807) is 17.8 Å². The van der Waals surface area contributed by atoms with Crippen LogP contribution in [-0.2, 0) is 0 Å². The van der Waals surface area contributed by atoms with Crippen molar-refractivity contribution < 1.29 is 4.74 Å². The second kappa shape index (κ2) is 16.7. The lowest BCUT2D eigenvalue weighted by molar-refractivity contribution is 0.456. The van der Waals surface area contributed by atoms with Gasteiger partial charge in [-0.3, -0.25) is 0 Å². The molecule has 8 aromatic carbocycles. The van der Waals surface area contributed by atoms with Crippen LogP contribution in [0.1, 0.15) is 5.56 Å². The molecule has 2 aromatic heterocycles. The Morgan fingerprint density at radius 2 is 0.922 bits per heavy atom. The lowest BCUT2D eigenvalue weighted by Crippen LogP contribution is -2.03. The molecule has 3 heterocycles. The number of nitriles is 1. The Morgan fingerprint density at radius 3 is 1.70 bits per heavy atom. The van der Waals surface area contributed by atoms with Gasteiger partial charge < -0.3 is 4.74 Å². The van der Waals surface area contributed by atoms with Crippen LogP contribution in [0, 0.1) is 11.3 Å². The van der Waals surface area contributed by atoms with Gasteiger partial charge in [-0.2, -0.15) is 5.26 Å². The van der Waals surface area contributed by atoms with E-state index in [4.69, 9.17) is 29.7 Å². The van der Waals surface area contributed by atoms with E-state index >= 15 is 0 Å². The van der Waals surface area contributed by atoms with Gasteiger partial charge in [-0.1, -0.05) is 169 Å². The van der Waals surface area contributed by atoms with Gasteiger partial charge >= 0.3 is 0 Å². The molecule has 0 saturated heterocycles. The first-order chi connectivity index (χ1) is 31.6. The molecule has 0 atom stereocenters. The van der Waals surface area contributed by atoms with Crippen LogP contribution in [0.3, 0.4) is 0 Å². The Hall–Kier alpha value is -8.51. The van der Waals surface area contributed by atoms with Gasteiger partial charge in [0.2, 0.25) is 0 Å². The lowest BCUT2D eigenvalue weighted by Gasteiger charge is -2.23. The van der Waals surface area contributed by atoms with Crippen molar-refractivity contribution in [3.63, 3.8) is 0 Å². The van der Waals surface area contributed by atoms with Crippen molar-refractivity contribution >= 4 is 11.8 Å². The maximum absolute atomic E-state index is 10.2. The second-order valence-corrected chi connectivity index (χ2v) is 16.2. The molecule has 0 radical (unpaired) electrons. The van der Waals surface area contributed by atoms with Crippen LogP contribution < -0.4 is 4.74 Å². The average molecular weight is 839 g/mol. The Labute approximate surface area is 374 Å². The van der Waals surface area contributed by atoms with Gasteiger partial charge in [0.15, 0.2) is 23.3 Å². The van der Waals surface area contributed by atoms with E-state index in [-0.39, 0.29) is 0 Å². The Balaban J connectivity index is 1.15. The van der Waals surface area contributed by atoms with Gasteiger partial charge in [-0.05, 0) is 65.2 Å². The third kappa shape index (κ3) is 7.47. The molecule has 0 spiro atoms. The zero-order valence-corrected chi connectivity index (χ0v) is 34.9. The maximum atomic E-state index is 10.2. The minimum absolute atomic E-state index is 0.385. The number of para-hydroxylation sites is 2. The number of hydrogen-bond donors (Lipinski definition) is 0. The molecule has 1 aliphatic rings. The zero-order valence-electron chi connectivity index (χ0n) is 34.1. The standard InChI is InChI=1S/C56H34N6OS/c57-35-42-22-10-11-25-43(42)55-60-53(38-20-8-3-9-21-38)61-56(62-55)46-33-41(30-31-44(46)45-26-15-29-51-52(45)63-49-27-12-13-28-50(49)64-51)54-58-47(37-18-6-2-7-19-37)34-48(59-54)40-24-14-23-39(32-40)36-16-4-1-5-17-36/h1-34H. The van der Waals surface area contributed by atoms with Crippen molar-refractivity contribution in [2.75, 3.05) is 0 Å². The molecule has 0 N–H and O–H groups in total. The molecule has 0 aliphatic carbocycles. The first-order valence-corrected chi connectivity index (χ1v) is 21.6. The van der Waals surface area contributed by atoms with Gasteiger partial charge in [0.25, 0.3) is 0 Å². The Morgan fingerprint density at radius 1 is 0.359 bits per heavy atom. The largest absolute Gasteiger partial charge is 0.454 e. The molecule has 300 valence electrons. The SMILES string of the molecule is N#Cc1ccccc1-c1nc(-c2ccccc2)nc(-c2cc(-c3nc(-c4ccccc4)cc(-c4cccc(-c5ccccc5)c4)n3)ccc2-c2cccc3c2Oc2ccccc2S3)n1. The fraction of sp³-hybridized carbons (Fsp3) is 0. The lowest BCUT2D eigenvalue weighted by atomic mass is 9.95. The Bertz CT molecular complexity index is 3410. The van der Waals surface area contributed by atoms with Crippen LogP contribution in [0.4, 0.5) is 0 Å². The highest BCUT2D eigenvalue weighted by atomic mass is 32.2. The molecule has 64 heavy (non-hydrogen) atoms. The number of nitrogens with zero attached hydrogens (tertiary/aromatic N) is 6. The number of hydrogen-bond acceptors (Lipinski definition) is 8. The summed E-state index contributed by atoms with van der Waals surface area (Å²) in [6.45, 7) is 0.